The maximum absolute atomic E-state index is 12.3. The maximum Gasteiger partial charge on any atom is 0.281 e. The highest BCUT2D eigenvalue weighted by Gasteiger charge is 2.18. The molecule has 0 aliphatic carbocycles. The molecule has 0 amide bonds. The van der Waals surface area contributed by atoms with E-state index in [1.807, 2.05) is 0 Å². The third-order valence-corrected chi connectivity index (χ3v) is 1.99. The van der Waals surface area contributed by atoms with Gasteiger partial charge in [-0.3, -0.25) is 0 Å². The van der Waals surface area contributed by atoms with Crippen molar-refractivity contribution in [2.75, 3.05) is 0 Å². The van der Waals surface area contributed by atoms with Crippen LogP contribution in [0.25, 0.3) is 0 Å². The van der Waals surface area contributed by atoms with Gasteiger partial charge in [-0.25, -0.2) is 13.8 Å². The second kappa shape index (κ2) is 3.99. The van der Waals surface area contributed by atoms with Crippen LogP contribution >= 0.6 is 27.5 Å². The van der Waals surface area contributed by atoms with E-state index in [0.717, 1.165) is 0 Å². The molecule has 0 saturated heterocycles. The summed E-state index contributed by atoms with van der Waals surface area (Å²) in [5.74, 6) is 0. The van der Waals surface area contributed by atoms with Crippen molar-refractivity contribution in [3.8, 4) is 6.07 Å². The summed E-state index contributed by atoms with van der Waals surface area (Å²) >= 11 is 8.46. The molecule has 0 atom stereocenters. The molecule has 0 N–H and O–H groups in total. The first-order chi connectivity index (χ1) is 6.06. The molecule has 0 saturated carbocycles. The third-order valence-electron chi connectivity index (χ3n) is 1.29. The molecule has 0 fully saturated rings. The van der Waals surface area contributed by atoms with Crippen LogP contribution in [0.1, 0.15) is 17.7 Å². The Labute approximate surface area is 86.3 Å². The highest BCUT2D eigenvalue weighted by Crippen LogP contribution is 2.28. The number of aromatic nitrogens is 1. The summed E-state index contributed by atoms with van der Waals surface area (Å²) in [6.07, 6.45) is -2.80. The molecule has 1 rings (SSSR count). The first-order valence-electron chi connectivity index (χ1n) is 3.10. The van der Waals surface area contributed by atoms with Gasteiger partial charge in [0, 0.05) is 0 Å². The Hall–Kier alpha value is -0.730. The molecule has 0 aromatic carbocycles. The normalized spacial score (nSPS) is 10.2. The van der Waals surface area contributed by atoms with Crippen molar-refractivity contribution >= 4 is 27.5 Å². The number of pyridine rings is 1. The monoisotopic (exact) mass is 266 g/mol. The van der Waals surface area contributed by atoms with Crippen LogP contribution in [0, 0.1) is 11.3 Å². The molecule has 2 nitrogen and oxygen atoms in total. The zero-order chi connectivity index (χ0) is 10.0. The summed E-state index contributed by atoms with van der Waals surface area (Å²) in [5.41, 5.74) is -0.873. The Balaban J connectivity index is 3.41. The first-order valence-corrected chi connectivity index (χ1v) is 4.27. The Morgan fingerprint density at radius 3 is 2.69 bits per heavy atom. The minimum absolute atomic E-state index is 0.0281. The van der Waals surface area contributed by atoms with Crippen LogP contribution in [0.4, 0.5) is 8.78 Å². The summed E-state index contributed by atoms with van der Waals surface area (Å²) in [7, 11) is 0. The topological polar surface area (TPSA) is 36.7 Å². The van der Waals surface area contributed by atoms with Gasteiger partial charge in [-0.1, -0.05) is 11.6 Å². The van der Waals surface area contributed by atoms with Gasteiger partial charge < -0.3 is 0 Å². The van der Waals surface area contributed by atoms with Crippen LogP contribution < -0.4 is 0 Å². The predicted octanol–water partition coefficient (Wildman–Crippen LogP) is 3.31. The quantitative estimate of drug-likeness (QED) is 0.732. The van der Waals surface area contributed by atoms with E-state index in [-0.39, 0.29) is 15.2 Å². The lowest BCUT2D eigenvalue weighted by Gasteiger charge is -2.03. The fraction of sp³-hybridized carbons (Fsp3) is 0.143. The number of alkyl halides is 2. The lowest BCUT2D eigenvalue weighted by atomic mass is 10.2. The second-order valence-electron chi connectivity index (χ2n) is 2.10. The van der Waals surface area contributed by atoms with Gasteiger partial charge in [0.05, 0.1) is 10.6 Å². The van der Waals surface area contributed by atoms with Crippen molar-refractivity contribution in [2.24, 2.45) is 0 Å². The van der Waals surface area contributed by atoms with Gasteiger partial charge in [-0.2, -0.15) is 5.26 Å². The lowest BCUT2D eigenvalue weighted by Crippen LogP contribution is -1.96. The molecule has 0 aliphatic rings. The molecule has 0 bridgehead atoms. The van der Waals surface area contributed by atoms with Crippen molar-refractivity contribution in [3.05, 3.63) is 26.9 Å². The minimum Gasteiger partial charge on any atom is -0.238 e. The van der Waals surface area contributed by atoms with Gasteiger partial charge >= 0.3 is 0 Å². The average Bonchev–Trinajstić information content (AvgIpc) is 2.02. The largest absolute Gasteiger partial charge is 0.281 e. The summed E-state index contributed by atoms with van der Waals surface area (Å²) in [6.45, 7) is 0. The molecule has 0 aliphatic heterocycles. The van der Waals surface area contributed by atoms with E-state index in [0.29, 0.717) is 0 Å². The number of halogens is 4. The SMILES string of the molecule is N#Cc1c(Cl)cc(Br)nc1C(F)F. The van der Waals surface area contributed by atoms with Crippen molar-refractivity contribution in [1.29, 1.82) is 5.26 Å². The first kappa shape index (κ1) is 10.4. The Bertz CT molecular complexity index is 375. The van der Waals surface area contributed by atoms with Crippen molar-refractivity contribution in [2.45, 2.75) is 6.43 Å². The van der Waals surface area contributed by atoms with Crippen LogP contribution in [-0.4, -0.2) is 4.98 Å². The average molecular weight is 267 g/mol. The van der Waals surface area contributed by atoms with E-state index in [1.54, 1.807) is 6.07 Å². The summed E-state index contributed by atoms with van der Waals surface area (Å²) < 4.78 is 24.7. The molecular weight excluding hydrogens is 265 g/mol. The molecule has 68 valence electrons. The highest BCUT2D eigenvalue weighted by molar-refractivity contribution is 9.10. The molecule has 0 spiro atoms. The molecule has 1 heterocycles. The fourth-order valence-electron chi connectivity index (χ4n) is 0.771. The molecule has 0 radical (unpaired) electrons. The summed E-state index contributed by atoms with van der Waals surface area (Å²) in [5, 5.41) is 8.49. The van der Waals surface area contributed by atoms with E-state index in [9.17, 15) is 8.78 Å². The van der Waals surface area contributed by atoms with Gasteiger partial charge in [0.2, 0.25) is 0 Å². The van der Waals surface area contributed by atoms with E-state index in [1.165, 1.54) is 6.07 Å². The maximum atomic E-state index is 12.3. The van der Waals surface area contributed by atoms with Crippen LogP contribution in [0.15, 0.2) is 10.7 Å². The zero-order valence-corrected chi connectivity index (χ0v) is 8.40. The molecule has 13 heavy (non-hydrogen) atoms. The zero-order valence-electron chi connectivity index (χ0n) is 6.06. The van der Waals surface area contributed by atoms with Gasteiger partial charge in [0.25, 0.3) is 6.43 Å². The smallest absolute Gasteiger partial charge is 0.238 e. The molecule has 0 unspecified atom stereocenters. The van der Waals surface area contributed by atoms with Gasteiger partial charge in [-0.15, -0.1) is 0 Å². The highest BCUT2D eigenvalue weighted by atomic mass is 79.9. The lowest BCUT2D eigenvalue weighted by molar-refractivity contribution is 0.145. The number of nitrogens with zero attached hydrogens (tertiary/aromatic N) is 2. The second-order valence-corrected chi connectivity index (χ2v) is 3.32. The van der Waals surface area contributed by atoms with E-state index in [4.69, 9.17) is 16.9 Å². The molecule has 6 heteroatoms. The van der Waals surface area contributed by atoms with Crippen molar-refractivity contribution in [1.82, 2.24) is 4.98 Å². The van der Waals surface area contributed by atoms with Gasteiger partial charge in [0.15, 0.2) is 0 Å². The number of nitriles is 1. The number of hydrogen-bond donors (Lipinski definition) is 0. The third kappa shape index (κ3) is 2.14. The predicted molar refractivity (Wildman–Crippen MR) is 46.6 cm³/mol. The van der Waals surface area contributed by atoms with E-state index in [2.05, 4.69) is 20.9 Å². The molecule has 1 aromatic heterocycles. The Morgan fingerprint density at radius 1 is 1.62 bits per heavy atom. The summed E-state index contributed by atoms with van der Waals surface area (Å²) in [6, 6.07) is 2.87. The van der Waals surface area contributed by atoms with E-state index >= 15 is 0 Å². The minimum atomic E-state index is -2.80. The Kier molecular flexibility index (Phi) is 3.17. The van der Waals surface area contributed by atoms with Gasteiger partial charge in [-0.05, 0) is 22.0 Å². The van der Waals surface area contributed by atoms with Crippen molar-refractivity contribution in [3.63, 3.8) is 0 Å². The summed E-state index contributed by atoms with van der Waals surface area (Å²) in [4.78, 5) is 3.46. The van der Waals surface area contributed by atoms with Crippen LogP contribution in [0.2, 0.25) is 5.02 Å². The van der Waals surface area contributed by atoms with Crippen LogP contribution in [0.5, 0.6) is 0 Å². The van der Waals surface area contributed by atoms with E-state index < -0.39 is 12.1 Å². The molecular formula is C7H2BrClF2N2. The Morgan fingerprint density at radius 2 is 2.23 bits per heavy atom. The standard InChI is InChI=1S/C7H2BrClF2N2/c8-5-1-4(9)3(2-12)6(13-5)7(10)11/h1,7H. The molecule has 1 aromatic rings. The van der Waals surface area contributed by atoms with Crippen LogP contribution in [0.3, 0.4) is 0 Å². The number of hydrogen-bond acceptors (Lipinski definition) is 2. The van der Waals surface area contributed by atoms with Crippen LogP contribution in [-0.2, 0) is 0 Å². The van der Waals surface area contributed by atoms with Gasteiger partial charge in [0.1, 0.15) is 16.4 Å². The fourth-order valence-corrected chi connectivity index (χ4v) is 1.57. The number of rotatable bonds is 1. The van der Waals surface area contributed by atoms with Crippen molar-refractivity contribution < 1.29 is 8.78 Å².